The van der Waals surface area contributed by atoms with Crippen LogP contribution in [0.2, 0.25) is 0 Å². The molecule has 130 valence electrons. The maximum Gasteiger partial charge on any atom is 0.230 e. The molecule has 0 saturated carbocycles. The SMILES string of the molecule is Cc1cccc(N2CCC[C@@]3(CCN(Cc4ccncc4)C3=O)C2)n1. The van der Waals surface area contributed by atoms with Gasteiger partial charge in [-0.3, -0.25) is 9.78 Å². The lowest BCUT2D eigenvalue weighted by Gasteiger charge is -2.39. The third-order valence-electron chi connectivity index (χ3n) is 5.50. The highest BCUT2D eigenvalue weighted by Gasteiger charge is 2.48. The number of piperidine rings is 1. The van der Waals surface area contributed by atoms with Gasteiger partial charge >= 0.3 is 0 Å². The molecule has 1 spiro atoms. The Kier molecular flexibility index (Phi) is 4.15. The van der Waals surface area contributed by atoms with Crippen LogP contribution in [0.1, 0.15) is 30.5 Å². The molecule has 25 heavy (non-hydrogen) atoms. The van der Waals surface area contributed by atoms with Crippen LogP contribution >= 0.6 is 0 Å². The first kappa shape index (κ1) is 16.1. The summed E-state index contributed by atoms with van der Waals surface area (Å²) in [7, 11) is 0. The van der Waals surface area contributed by atoms with Gasteiger partial charge in [0.1, 0.15) is 5.82 Å². The van der Waals surface area contributed by atoms with Crippen molar-refractivity contribution >= 4 is 11.7 Å². The smallest absolute Gasteiger partial charge is 0.230 e. The second-order valence-corrected chi connectivity index (χ2v) is 7.27. The zero-order valence-electron chi connectivity index (χ0n) is 14.7. The number of hydrogen-bond acceptors (Lipinski definition) is 4. The number of aromatic nitrogens is 2. The molecule has 1 atom stereocenters. The predicted molar refractivity (Wildman–Crippen MR) is 97.1 cm³/mol. The van der Waals surface area contributed by atoms with E-state index in [-0.39, 0.29) is 5.41 Å². The number of carbonyl (C=O) groups excluding carboxylic acids is 1. The molecule has 0 aliphatic carbocycles. The molecule has 2 aromatic heterocycles. The van der Waals surface area contributed by atoms with E-state index < -0.39 is 0 Å². The number of amides is 1. The molecule has 2 fully saturated rings. The maximum atomic E-state index is 13.2. The number of carbonyl (C=O) groups is 1. The van der Waals surface area contributed by atoms with Gasteiger partial charge in [0, 0.05) is 44.3 Å². The van der Waals surface area contributed by atoms with Crippen molar-refractivity contribution in [2.24, 2.45) is 5.41 Å². The Morgan fingerprint density at radius 3 is 2.76 bits per heavy atom. The molecule has 0 N–H and O–H groups in total. The van der Waals surface area contributed by atoms with Gasteiger partial charge in [0.05, 0.1) is 5.41 Å². The first-order valence-electron chi connectivity index (χ1n) is 9.03. The summed E-state index contributed by atoms with van der Waals surface area (Å²) in [6.45, 7) is 5.31. The number of anilines is 1. The molecule has 0 unspecified atom stereocenters. The highest BCUT2D eigenvalue weighted by molar-refractivity contribution is 5.85. The Morgan fingerprint density at radius 2 is 1.96 bits per heavy atom. The van der Waals surface area contributed by atoms with Gasteiger partial charge < -0.3 is 9.80 Å². The van der Waals surface area contributed by atoms with Crippen LogP contribution in [0.3, 0.4) is 0 Å². The van der Waals surface area contributed by atoms with E-state index in [4.69, 9.17) is 0 Å². The largest absolute Gasteiger partial charge is 0.356 e. The quantitative estimate of drug-likeness (QED) is 0.865. The molecule has 5 nitrogen and oxygen atoms in total. The first-order chi connectivity index (χ1) is 12.2. The Bertz CT molecular complexity index is 763. The number of aryl methyl sites for hydroxylation is 1. The molecule has 0 bridgehead atoms. The van der Waals surface area contributed by atoms with E-state index in [1.807, 2.05) is 36.1 Å². The summed E-state index contributed by atoms with van der Waals surface area (Å²) < 4.78 is 0. The van der Waals surface area contributed by atoms with Gasteiger partial charge in [-0.2, -0.15) is 0 Å². The van der Waals surface area contributed by atoms with E-state index in [2.05, 4.69) is 20.9 Å². The lowest BCUT2D eigenvalue weighted by Crippen LogP contribution is -2.48. The number of rotatable bonds is 3. The summed E-state index contributed by atoms with van der Waals surface area (Å²) in [5, 5.41) is 0. The molecule has 2 aliphatic rings. The lowest BCUT2D eigenvalue weighted by atomic mass is 9.78. The van der Waals surface area contributed by atoms with Crippen LogP contribution in [-0.2, 0) is 11.3 Å². The molecule has 1 amide bonds. The van der Waals surface area contributed by atoms with Crippen LogP contribution in [0.4, 0.5) is 5.82 Å². The fourth-order valence-corrected chi connectivity index (χ4v) is 4.16. The standard InChI is InChI=1S/C20H24N4O/c1-16-4-2-5-18(22-16)24-12-3-8-20(15-24)9-13-23(19(20)25)14-17-6-10-21-11-7-17/h2,4-7,10-11H,3,8-9,12-15H2,1H3/t20-/m1/s1. The molecular weight excluding hydrogens is 312 g/mol. The highest BCUT2D eigenvalue weighted by atomic mass is 16.2. The second kappa shape index (κ2) is 6.47. The van der Waals surface area contributed by atoms with E-state index >= 15 is 0 Å². The minimum Gasteiger partial charge on any atom is -0.356 e. The van der Waals surface area contributed by atoms with Crippen molar-refractivity contribution in [2.45, 2.75) is 32.7 Å². The molecule has 0 aromatic carbocycles. The summed E-state index contributed by atoms with van der Waals surface area (Å²) >= 11 is 0. The summed E-state index contributed by atoms with van der Waals surface area (Å²) in [6, 6.07) is 10.1. The van der Waals surface area contributed by atoms with Crippen molar-refractivity contribution in [1.82, 2.24) is 14.9 Å². The van der Waals surface area contributed by atoms with E-state index in [1.165, 1.54) is 0 Å². The van der Waals surface area contributed by atoms with Crippen molar-refractivity contribution in [3.8, 4) is 0 Å². The fourth-order valence-electron chi connectivity index (χ4n) is 4.16. The minimum atomic E-state index is -0.239. The van der Waals surface area contributed by atoms with E-state index in [0.29, 0.717) is 12.5 Å². The molecule has 4 heterocycles. The van der Waals surface area contributed by atoms with Crippen LogP contribution in [0.25, 0.3) is 0 Å². The average Bonchev–Trinajstić information content (AvgIpc) is 2.92. The van der Waals surface area contributed by atoms with Crippen molar-refractivity contribution in [3.63, 3.8) is 0 Å². The van der Waals surface area contributed by atoms with Crippen LogP contribution in [-0.4, -0.2) is 40.4 Å². The lowest BCUT2D eigenvalue weighted by molar-refractivity contribution is -0.137. The van der Waals surface area contributed by atoms with Crippen LogP contribution in [0.5, 0.6) is 0 Å². The Balaban J connectivity index is 1.51. The summed E-state index contributed by atoms with van der Waals surface area (Å²) in [6.07, 6.45) is 6.56. The van der Waals surface area contributed by atoms with E-state index in [9.17, 15) is 4.79 Å². The molecule has 2 aromatic rings. The minimum absolute atomic E-state index is 0.239. The van der Waals surface area contributed by atoms with Crippen molar-refractivity contribution in [2.75, 3.05) is 24.5 Å². The molecule has 5 heteroatoms. The number of likely N-dealkylation sites (tertiary alicyclic amines) is 1. The zero-order valence-corrected chi connectivity index (χ0v) is 14.7. The number of pyridine rings is 2. The highest BCUT2D eigenvalue weighted by Crippen LogP contribution is 2.41. The van der Waals surface area contributed by atoms with Gasteiger partial charge in [-0.25, -0.2) is 4.98 Å². The zero-order chi connectivity index (χ0) is 17.3. The van der Waals surface area contributed by atoms with Crippen molar-refractivity contribution in [1.29, 1.82) is 0 Å². The Labute approximate surface area is 148 Å². The molecule has 4 rings (SSSR count). The van der Waals surface area contributed by atoms with Gasteiger partial charge in [0.2, 0.25) is 5.91 Å². The predicted octanol–water partition coefficient (Wildman–Crippen LogP) is 2.80. The average molecular weight is 336 g/mol. The van der Waals surface area contributed by atoms with Gasteiger partial charge in [-0.15, -0.1) is 0 Å². The topological polar surface area (TPSA) is 49.3 Å². The summed E-state index contributed by atoms with van der Waals surface area (Å²) in [5.74, 6) is 1.31. The molecule has 0 radical (unpaired) electrons. The van der Waals surface area contributed by atoms with Gasteiger partial charge in [0.25, 0.3) is 0 Å². The summed E-state index contributed by atoms with van der Waals surface area (Å²) in [4.78, 5) is 26.2. The summed E-state index contributed by atoms with van der Waals surface area (Å²) in [5.41, 5.74) is 1.93. The van der Waals surface area contributed by atoms with E-state index in [0.717, 1.165) is 56.0 Å². The molecular formula is C20H24N4O. The normalized spacial score (nSPS) is 23.5. The van der Waals surface area contributed by atoms with E-state index in [1.54, 1.807) is 12.4 Å². The monoisotopic (exact) mass is 336 g/mol. The van der Waals surface area contributed by atoms with Crippen molar-refractivity contribution in [3.05, 3.63) is 54.0 Å². The van der Waals surface area contributed by atoms with Crippen LogP contribution < -0.4 is 4.90 Å². The third kappa shape index (κ3) is 3.11. The maximum absolute atomic E-state index is 13.2. The fraction of sp³-hybridized carbons (Fsp3) is 0.450. The number of nitrogens with zero attached hydrogens (tertiary/aromatic N) is 4. The Hall–Kier alpha value is -2.43. The first-order valence-corrected chi connectivity index (χ1v) is 9.03. The number of hydrogen-bond donors (Lipinski definition) is 0. The van der Waals surface area contributed by atoms with Crippen molar-refractivity contribution < 1.29 is 4.79 Å². The third-order valence-corrected chi connectivity index (χ3v) is 5.50. The Morgan fingerprint density at radius 1 is 1.12 bits per heavy atom. The van der Waals surface area contributed by atoms with Gasteiger partial charge in [0.15, 0.2) is 0 Å². The second-order valence-electron chi connectivity index (χ2n) is 7.27. The van der Waals surface area contributed by atoms with Gasteiger partial charge in [-0.1, -0.05) is 6.07 Å². The van der Waals surface area contributed by atoms with Crippen LogP contribution in [0.15, 0.2) is 42.7 Å². The van der Waals surface area contributed by atoms with Crippen LogP contribution in [0, 0.1) is 12.3 Å². The van der Waals surface area contributed by atoms with Gasteiger partial charge in [-0.05, 0) is 56.0 Å². The molecule has 2 saturated heterocycles. The molecule has 2 aliphatic heterocycles.